The SMILES string of the molecule is Cc1oc2nc(Oc3ccccc3)nn2c1C(=O)NCC(C)C. The predicted octanol–water partition coefficient (Wildman–Crippen LogP) is 2.81. The molecule has 0 atom stereocenters. The highest BCUT2D eigenvalue weighted by molar-refractivity contribution is 5.93. The summed E-state index contributed by atoms with van der Waals surface area (Å²) in [6, 6.07) is 9.32. The highest BCUT2D eigenvalue weighted by Crippen LogP contribution is 2.21. The second-order valence-electron chi connectivity index (χ2n) is 5.61. The first-order chi connectivity index (χ1) is 11.0. The lowest BCUT2D eigenvalue weighted by Crippen LogP contribution is -2.29. The van der Waals surface area contributed by atoms with Crippen molar-refractivity contribution in [2.24, 2.45) is 5.92 Å². The minimum absolute atomic E-state index is 0.132. The fraction of sp³-hybridized carbons (Fsp3) is 0.312. The fourth-order valence-corrected chi connectivity index (χ4v) is 2.10. The number of aromatic nitrogens is 3. The molecule has 0 aliphatic carbocycles. The van der Waals surface area contributed by atoms with Gasteiger partial charge in [-0.2, -0.15) is 4.52 Å². The maximum absolute atomic E-state index is 12.3. The quantitative estimate of drug-likeness (QED) is 0.783. The lowest BCUT2D eigenvalue weighted by molar-refractivity contribution is 0.0940. The van der Waals surface area contributed by atoms with Crippen LogP contribution in [-0.2, 0) is 0 Å². The molecular weight excluding hydrogens is 296 g/mol. The maximum atomic E-state index is 12.3. The number of nitrogens with zero attached hydrogens (tertiary/aromatic N) is 3. The van der Waals surface area contributed by atoms with Gasteiger partial charge in [0, 0.05) is 6.54 Å². The lowest BCUT2D eigenvalue weighted by atomic mass is 10.2. The zero-order chi connectivity index (χ0) is 16.4. The molecule has 7 heteroatoms. The van der Waals surface area contributed by atoms with E-state index in [0.717, 1.165) is 0 Å². The summed E-state index contributed by atoms with van der Waals surface area (Å²) < 4.78 is 12.4. The maximum Gasteiger partial charge on any atom is 0.344 e. The van der Waals surface area contributed by atoms with Crippen LogP contribution in [0.25, 0.3) is 5.84 Å². The number of carbonyl (C=O) groups excluding carboxylic acids is 1. The average Bonchev–Trinajstić information content (AvgIpc) is 3.01. The Kier molecular flexibility index (Phi) is 4.01. The second-order valence-corrected chi connectivity index (χ2v) is 5.61. The van der Waals surface area contributed by atoms with Gasteiger partial charge < -0.3 is 14.5 Å². The van der Waals surface area contributed by atoms with Gasteiger partial charge >= 0.3 is 11.9 Å². The standard InChI is InChI=1S/C16H18N4O3/c1-10(2)9-17-14(21)13-11(3)22-16-18-15(19-20(13)16)23-12-7-5-4-6-8-12/h4-8,10H,9H2,1-3H3,(H,17,21). The number of para-hydroxylation sites is 1. The summed E-state index contributed by atoms with van der Waals surface area (Å²) in [5.41, 5.74) is 0.330. The van der Waals surface area contributed by atoms with Gasteiger partial charge in [0.25, 0.3) is 5.91 Å². The number of rotatable bonds is 5. The topological polar surface area (TPSA) is 81.7 Å². The largest absolute Gasteiger partial charge is 0.426 e. The zero-order valence-corrected chi connectivity index (χ0v) is 13.2. The van der Waals surface area contributed by atoms with Crippen LogP contribution in [0.4, 0.5) is 0 Å². The van der Waals surface area contributed by atoms with Crippen LogP contribution in [0.5, 0.6) is 11.8 Å². The Bertz CT molecular complexity index is 821. The number of aryl methyl sites for hydroxylation is 1. The molecule has 3 aromatic rings. The molecule has 0 aliphatic rings. The van der Waals surface area contributed by atoms with E-state index in [0.29, 0.717) is 29.7 Å². The van der Waals surface area contributed by atoms with Gasteiger partial charge in [-0.15, -0.1) is 10.1 Å². The Hall–Kier alpha value is -2.83. The van der Waals surface area contributed by atoms with E-state index >= 15 is 0 Å². The third-order valence-electron chi connectivity index (χ3n) is 3.19. The number of amides is 1. The lowest BCUT2D eigenvalue weighted by Gasteiger charge is -2.06. The van der Waals surface area contributed by atoms with E-state index in [1.807, 2.05) is 32.0 Å². The number of oxazole rings is 1. The van der Waals surface area contributed by atoms with Crippen LogP contribution >= 0.6 is 0 Å². The second kappa shape index (κ2) is 6.12. The molecule has 7 nitrogen and oxygen atoms in total. The van der Waals surface area contributed by atoms with E-state index in [2.05, 4.69) is 15.4 Å². The van der Waals surface area contributed by atoms with Crippen LogP contribution in [0.1, 0.15) is 30.1 Å². The molecule has 1 aromatic carbocycles. The van der Waals surface area contributed by atoms with Crippen LogP contribution in [0.15, 0.2) is 34.7 Å². The summed E-state index contributed by atoms with van der Waals surface area (Å²) in [6.07, 6.45) is 0. The molecule has 0 spiro atoms. The van der Waals surface area contributed by atoms with Crippen molar-refractivity contribution in [1.82, 2.24) is 19.9 Å². The van der Waals surface area contributed by atoms with Crippen LogP contribution in [0.3, 0.4) is 0 Å². The molecular formula is C16H18N4O3. The Balaban J connectivity index is 1.87. The molecule has 0 saturated carbocycles. The van der Waals surface area contributed by atoms with Gasteiger partial charge in [-0.05, 0) is 25.0 Å². The van der Waals surface area contributed by atoms with Crippen molar-refractivity contribution in [3.63, 3.8) is 0 Å². The Morgan fingerprint density at radius 2 is 2.09 bits per heavy atom. The van der Waals surface area contributed by atoms with Crippen molar-refractivity contribution in [2.45, 2.75) is 20.8 Å². The van der Waals surface area contributed by atoms with E-state index < -0.39 is 0 Å². The van der Waals surface area contributed by atoms with Crippen LogP contribution < -0.4 is 10.1 Å². The van der Waals surface area contributed by atoms with Crippen molar-refractivity contribution in [3.05, 3.63) is 41.8 Å². The summed E-state index contributed by atoms with van der Waals surface area (Å²) >= 11 is 0. The number of benzene rings is 1. The summed E-state index contributed by atoms with van der Waals surface area (Å²) in [7, 11) is 0. The number of hydrogen-bond donors (Lipinski definition) is 1. The molecule has 0 fully saturated rings. The van der Waals surface area contributed by atoms with E-state index in [4.69, 9.17) is 9.15 Å². The third kappa shape index (κ3) is 3.18. The molecule has 2 aromatic heterocycles. The van der Waals surface area contributed by atoms with Crippen molar-refractivity contribution < 1.29 is 13.9 Å². The number of hydrogen-bond acceptors (Lipinski definition) is 5. The Labute approximate surface area is 133 Å². The monoisotopic (exact) mass is 314 g/mol. The molecule has 23 heavy (non-hydrogen) atoms. The van der Waals surface area contributed by atoms with E-state index in [1.165, 1.54) is 4.52 Å². The first-order valence-corrected chi connectivity index (χ1v) is 7.42. The molecule has 3 rings (SSSR count). The van der Waals surface area contributed by atoms with Gasteiger partial charge in [0.1, 0.15) is 11.5 Å². The smallest absolute Gasteiger partial charge is 0.344 e. The molecule has 0 saturated heterocycles. The van der Waals surface area contributed by atoms with Crippen LogP contribution in [0.2, 0.25) is 0 Å². The third-order valence-corrected chi connectivity index (χ3v) is 3.19. The number of ether oxygens (including phenoxy) is 1. The Morgan fingerprint density at radius 1 is 1.35 bits per heavy atom. The average molecular weight is 314 g/mol. The molecule has 1 N–H and O–H groups in total. The molecule has 120 valence electrons. The first kappa shape index (κ1) is 15.1. The van der Waals surface area contributed by atoms with Crippen LogP contribution in [0, 0.1) is 12.8 Å². The predicted molar refractivity (Wildman–Crippen MR) is 83.7 cm³/mol. The highest BCUT2D eigenvalue weighted by atomic mass is 16.5. The number of fused-ring (bicyclic) bond motifs is 1. The minimum atomic E-state index is -0.244. The first-order valence-electron chi connectivity index (χ1n) is 7.42. The van der Waals surface area contributed by atoms with Crippen molar-refractivity contribution in [2.75, 3.05) is 6.54 Å². The molecule has 0 radical (unpaired) electrons. The number of carbonyl (C=O) groups is 1. The van der Waals surface area contributed by atoms with Gasteiger partial charge in [0.2, 0.25) is 0 Å². The normalized spacial score (nSPS) is 11.1. The highest BCUT2D eigenvalue weighted by Gasteiger charge is 2.22. The summed E-state index contributed by atoms with van der Waals surface area (Å²) in [5.74, 6) is 1.42. The van der Waals surface area contributed by atoms with Crippen molar-refractivity contribution >= 4 is 11.8 Å². The van der Waals surface area contributed by atoms with Gasteiger partial charge in [0.15, 0.2) is 5.69 Å². The van der Waals surface area contributed by atoms with E-state index in [1.54, 1.807) is 19.1 Å². The zero-order valence-electron chi connectivity index (χ0n) is 13.2. The fourth-order valence-electron chi connectivity index (χ4n) is 2.10. The summed E-state index contributed by atoms with van der Waals surface area (Å²) in [4.78, 5) is 16.5. The number of nitrogens with one attached hydrogen (secondary N) is 1. The van der Waals surface area contributed by atoms with Gasteiger partial charge in [-0.1, -0.05) is 32.0 Å². The molecule has 0 unspecified atom stereocenters. The van der Waals surface area contributed by atoms with Crippen molar-refractivity contribution in [1.29, 1.82) is 0 Å². The van der Waals surface area contributed by atoms with Gasteiger partial charge in [-0.3, -0.25) is 4.79 Å². The molecule has 0 bridgehead atoms. The minimum Gasteiger partial charge on any atom is -0.426 e. The van der Waals surface area contributed by atoms with Gasteiger partial charge in [0.05, 0.1) is 0 Å². The van der Waals surface area contributed by atoms with E-state index in [-0.39, 0.29) is 17.8 Å². The molecule has 1 amide bonds. The molecule has 2 heterocycles. The van der Waals surface area contributed by atoms with Crippen molar-refractivity contribution in [3.8, 4) is 11.8 Å². The Morgan fingerprint density at radius 3 is 2.78 bits per heavy atom. The summed E-state index contributed by atoms with van der Waals surface area (Å²) in [5, 5.41) is 7.05. The van der Waals surface area contributed by atoms with E-state index in [9.17, 15) is 4.79 Å². The molecule has 0 aliphatic heterocycles. The van der Waals surface area contributed by atoms with Crippen LogP contribution in [-0.4, -0.2) is 27.0 Å². The van der Waals surface area contributed by atoms with Gasteiger partial charge in [-0.25, -0.2) is 0 Å². The summed E-state index contributed by atoms with van der Waals surface area (Å²) in [6.45, 7) is 6.34.